The molecule has 0 aliphatic carbocycles. The van der Waals surface area contributed by atoms with E-state index in [1.54, 1.807) is 0 Å². The monoisotopic (exact) mass is 1620 g/mol. The first-order valence-electron chi connectivity index (χ1n) is 23.2. The fraction of sp³-hybridized carbons (Fsp3) is 0. The molecule has 0 aromatic heterocycles. The maximum absolute atomic E-state index is 3.36. The van der Waals surface area contributed by atoms with Crippen molar-refractivity contribution in [2.24, 2.45) is 0 Å². The molecule has 0 aliphatic rings. The molecule has 0 spiro atoms. The Balaban J connectivity index is 0.000000516. The van der Waals surface area contributed by atoms with Crippen molar-refractivity contribution in [3.8, 4) is 89.0 Å². The maximum Gasteiger partial charge on any atom is 0 e. The van der Waals surface area contributed by atoms with E-state index in [1.165, 1.54) is 0 Å². The van der Waals surface area contributed by atoms with E-state index in [2.05, 4.69) is 103 Å². The topological polar surface area (TPSA) is 0 Å². The number of hydrogen-bond donors (Lipinski definition) is 0. The minimum atomic E-state index is 0. The van der Waals surface area contributed by atoms with Crippen molar-refractivity contribution in [1.82, 2.24) is 0 Å². The maximum atomic E-state index is 3.36. The molecule has 0 amide bonds. The molecule has 0 nitrogen and oxygen atoms in total. The van der Waals surface area contributed by atoms with E-state index >= 15 is 0 Å². The minimum absolute atomic E-state index is 0. The summed E-state index contributed by atoms with van der Waals surface area (Å²) in [5, 5.41) is 0. The Bertz CT molecular complexity index is 3120. The summed E-state index contributed by atoms with van der Waals surface area (Å²) >= 11 is 0. The fourth-order valence-electron chi connectivity index (χ4n) is 7.42. The van der Waals surface area contributed by atoms with Crippen molar-refractivity contribution in [2.75, 3.05) is 0 Å². The van der Waals surface area contributed by atoms with Crippen LogP contribution in [-0.2, 0) is 262 Å². The zero-order chi connectivity index (χ0) is 48.8. The van der Waals surface area contributed by atoms with Crippen LogP contribution in [0.1, 0.15) is 0 Å². The Kier molecular flexibility index (Phi) is 42.6. The van der Waals surface area contributed by atoms with Crippen LogP contribution < -0.4 is 0 Å². The first kappa shape index (κ1) is 77.5. The molecule has 0 saturated carbocycles. The molecule has 0 heterocycles. The van der Waals surface area contributed by atoms with Crippen LogP contribution in [0.3, 0.4) is 0 Å². The quantitative estimate of drug-likeness (QED) is 0.133. The molecule has 0 fully saturated rings. The SMILES string of the molecule is [Y].[Y].[Y].[Y].[Y].[Y].[Y].[Y].[c-]1cc(-c2[c-]cccc2)[c-]cc1-c1[c-]cccc1.[c-]1ccc(-c2[c-]cccc2)[c-]c1-c1[c-]cccc1.[c-]1ccccc1-c1[c-]c[c-]c(-c2[c-]cccc2)c1.[c-]1ccccc1-c1[c-]cc[c-]c1-c1[c-]cccc1. The molecule has 368 valence electrons. The molecule has 8 heteroatoms. The Labute approximate surface area is 677 Å². The molecule has 12 aromatic carbocycles. The molecule has 0 saturated heterocycles. The summed E-state index contributed by atoms with van der Waals surface area (Å²) in [6.07, 6.45) is 0. The average Bonchev–Trinajstić information content (AvgIpc) is 3.49. The number of benzene rings is 12. The van der Waals surface area contributed by atoms with E-state index in [4.69, 9.17) is 0 Å². The predicted octanol–water partition coefficient (Wildman–Crippen LogP) is 16.9. The third-order valence-electron chi connectivity index (χ3n) is 10.9. The summed E-state index contributed by atoms with van der Waals surface area (Å²) in [5.74, 6) is 0. The molecule has 12 aromatic rings. The molecule has 8 radical (unpaired) electrons. The number of rotatable bonds is 8. The molecule has 12 rings (SSSR count). The molecule has 0 aliphatic heterocycles. The van der Waals surface area contributed by atoms with Crippen LogP contribution in [0.5, 0.6) is 0 Å². The van der Waals surface area contributed by atoms with Gasteiger partial charge in [0.25, 0.3) is 0 Å². The normalized spacial score (nSPS) is 9.20. The van der Waals surface area contributed by atoms with Gasteiger partial charge in [-0.3, -0.25) is 29.3 Å². The van der Waals surface area contributed by atoms with Gasteiger partial charge in [-0.15, -0.1) is 97.1 Å². The smallest absolute Gasteiger partial charge is 0 e. The predicted molar refractivity (Wildman–Crippen MR) is 291 cm³/mol. The summed E-state index contributed by atoms with van der Waals surface area (Å²) in [4.78, 5) is 0. The molecular formula is C72H40Y8-16. The van der Waals surface area contributed by atoms with Crippen LogP contribution in [0.4, 0.5) is 0 Å². The molecule has 0 bridgehead atoms. The van der Waals surface area contributed by atoms with Crippen molar-refractivity contribution < 1.29 is 262 Å². The zero-order valence-electron chi connectivity index (χ0n) is 43.7. The summed E-state index contributed by atoms with van der Waals surface area (Å²) in [6.45, 7) is 0. The van der Waals surface area contributed by atoms with Gasteiger partial charge >= 0.3 is 0 Å². The van der Waals surface area contributed by atoms with E-state index < -0.39 is 0 Å². The van der Waals surface area contributed by atoms with Gasteiger partial charge in [-0.25, -0.2) is 117 Å². The Morgan fingerprint density at radius 2 is 0.487 bits per heavy atom. The van der Waals surface area contributed by atoms with Gasteiger partial charge < -0.3 is 52.6 Å². The third-order valence-corrected chi connectivity index (χ3v) is 10.9. The second-order valence-corrected chi connectivity index (χ2v) is 15.8. The first-order valence-corrected chi connectivity index (χ1v) is 23.2. The van der Waals surface area contributed by atoms with Crippen LogP contribution in [0.25, 0.3) is 89.0 Å². The molecule has 0 atom stereocenters. The standard InChI is InChI=1S/4C18H10.8Y/c1-3-9-15(10-4-1)17-13-7-8-14-18(17)16-11-5-2-6-12-16;2*1-3-8-15(9-4-1)17-12-7-13-18(14-17)16-10-5-2-6-11-16;1-3-7-15(8-4-1)17-11-13-18(14-12-17)16-9-5-2-6-10-16;;;;;;;;/h1-9,11H;1-8,10,14H;1-8,10,12H;1-7,9,11,14H;;;;;;;;/q4*-4;;;;;;;;. The van der Waals surface area contributed by atoms with Crippen LogP contribution >= 0.6 is 0 Å². The molecule has 0 N–H and O–H groups in total. The van der Waals surface area contributed by atoms with Crippen LogP contribution in [-0.4, -0.2) is 0 Å². The molecule has 80 heavy (non-hydrogen) atoms. The minimum Gasteiger partial charge on any atom is -0.379 e. The van der Waals surface area contributed by atoms with E-state index in [1.807, 2.05) is 237 Å². The van der Waals surface area contributed by atoms with Crippen LogP contribution in [0.2, 0.25) is 0 Å². The summed E-state index contributed by atoms with van der Waals surface area (Å²) < 4.78 is 0. The van der Waals surface area contributed by atoms with Gasteiger partial charge in [0.2, 0.25) is 0 Å². The van der Waals surface area contributed by atoms with Crippen LogP contribution in [0, 0.1) is 97.1 Å². The second kappa shape index (κ2) is 44.0. The zero-order valence-corrected chi connectivity index (χ0v) is 66.4. The third kappa shape index (κ3) is 24.3. The van der Waals surface area contributed by atoms with Crippen molar-refractivity contribution in [3.05, 3.63) is 340 Å². The van der Waals surface area contributed by atoms with Gasteiger partial charge in [0.15, 0.2) is 0 Å². The van der Waals surface area contributed by atoms with Gasteiger partial charge in [-0.1, -0.05) is 0 Å². The largest absolute Gasteiger partial charge is 0.379 e. The second-order valence-electron chi connectivity index (χ2n) is 15.8. The van der Waals surface area contributed by atoms with Crippen LogP contribution in [0.15, 0.2) is 243 Å². The van der Waals surface area contributed by atoms with Crippen molar-refractivity contribution in [1.29, 1.82) is 0 Å². The Morgan fingerprint density at radius 3 is 0.800 bits per heavy atom. The van der Waals surface area contributed by atoms with Gasteiger partial charge in [0.1, 0.15) is 0 Å². The fourth-order valence-corrected chi connectivity index (χ4v) is 7.42. The van der Waals surface area contributed by atoms with Gasteiger partial charge in [-0.2, -0.15) is 132 Å². The number of hydrogen-bond acceptors (Lipinski definition) is 0. The van der Waals surface area contributed by atoms with E-state index in [0.717, 1.165) is 89.0 Å². The van der Waals surface area contributed by atoms with Gasteiger partial charge in [0.05, 0.1) is 0 Å². The van der Waals surface area contributed by atoms with Gasteiger partial charge in [0, 0.05) is 262 Å². The Hall–Kier alpha value is -0.529. The summed E-state index contributed by atoms with van der Waals surface area (Å²) in [7, 11) is 0. The van der Waals surface area contributed by atoms with E-state index in [-0.39, 0.29) is 262 Å². The first-order chi connectivity index (χ1) is 35.7. The Morgan fingerprint density at radius 1 is 0.188 bits per heavy atom. The molecule has 0 unspecified atom stereocenters. The van der Waals surface area contributed by atoms with Gasteiger partial charge in [-0.05, 0) is 0 Å². The van der Waals surface area contributed by atoms with Crippen molar-refractivity contribution in [2.45, 2.75) is 0 Å². The van der Waals surface area contributed by atoms with Crippen molar-refractivity contribution >= 4 is 0 Å². The van der Waals surface area contributed by atoms with E-state index in [0.29, 0.717) is 0 Å². The van der Waals surface area contributed by atoms with Crippen molar-refractivity contribution in [3.63, 3.8) is 0 Å². The summed E-state index contributed by atoms with van der Waals surface area (Å²) in [5.41, 5.74) is 16.4. The van der Waals surface area contributed by atoms with E-state index in [9.17, 15) is 0 Å². The summed E-state index contributed by atoms with van der Waals surface area (Å²) in [6, 6.07) is 130. The average molecular weight is 1620 g/mol. The molecular weight excluding hydrogens is 1580 g/mol.